The summed E-state index contributed by atoms with van der Waals surface area (Å²) in [5.74, 6) is 0.865. The van der Waals surface area contributed by atoms with E-state index in [0.717, 1.165) is 104 Å². The standard InChI is InChI=1S/C46H50O4/c1-5-7-9-11-13-29-39(47)49-45-35-25-17-15-23-33(35)43(41-31(3)21-19-27-37(41)45)44-34-24-16-18-26-36(34)46(38-28-20-22-32(4)42(38)44)50-40(48)30-14-12-10-8-6-2/h15-28H,5-14,29-30H2,1-4H3. The van der Waals surface area contributed by atoms with Gasteiger partial charge in [-0.3, -0.25) is 9.59 Å². The number of rotatable bonds is 15. The minimum Gasteiger partial charge on any atom is -0.425 e. The minimum atomic E-state index is -0.189. The molecule has 0 heterocycles. The topological polar surface area (TPSA) is 52.6 Å². The first-order valence-electron chi connectivity index (χ1n) is 18.7. The summed E-state index contributed by atoms with van der Waals surface area (Å²) in [7, 11) is 0. The predicted molar refractivity (Wildman–Crippen MR) is 209 cm³/mol. The van der Waals surface area contributed by atoms with Gasteiger partial charge in [0.25, 0.3) is 0 Å². The first kappa shape index (κ1) is 35.1. The Morgan fingerprint density at radius 2 is 0.800 bits per heavy atom. The average molecular weight is 667 g/mol. The van der Waals surface area contributed by atoms with Crippen molar-refractivity contribution in [2.45, 2.75) is 105 Å². The Morgan fingerprint density at radius 1 is 0.440 bits per heavy atom. The molecule has 4 heteroatoms. The Kier molecular flexibility index (Phi) is 11.5. The van der Waals surface area contributed by atoms with Gasteiger partial charge in [0.15, 0.2) is 0 Å². The van der Waals surface area contributed by atoms with Crippen molar-refractivity contribution in [3.8, 4) is 22.6 Å². The molecular weight excluding hydrogens is 617 g/mol. The fraction of sp³-hybridized carbons (Fsp3) is 0.348. The van der Waals surface area contributed by atoms with E-state index in [2.05, 4.69) is 88.4 Å². The van der Waals surface area contributed by atoms with Gasteiger partial charge < -0.3 is 9.47 Å². The first-order valence-corrected chi connectivity index (χ1v) is 18.7. The van der Waals surface area contributed by atoms with Gasteiger partial charge in [0.1, 0.15) is 11.5 Å². The van der Waals surface area contributed by atoms with Crippen molar-refractivity contribution in [3.05, 3.63) is 96.1 Å². The van der Waals surface area contributed by atoms with Gasteiger partial charge >= 0.3 is 11.9 Å². The second-order valence-corrected chi connectivity index (χ2v) is 13.8. The first-order chi connectivity index (χ1) is 24.4. The average Bonchev–Trinajstić information content (AvgIpc) is 3.12. The Balaban J connectivity index is 1.56. The summed E-state index contributed by atoms with van der Waals surface area (Å²) in [6, 6.07) is 29.1. The summed E-state index contributed by atoms with van der Waals surface area (Å²) in [4.78, 5) is 26.7. The van der Waals surface area contributed by atoms with Crippen LogP contribution in [0.3, 0.4) is 0 Å². The van der Waals surface area contributed by atoms with Crippen LogP contribution in [-0.4, -0.2) is 11.9 Å². The highest BCUT2D eigenvalue weighted by molar-refractivity contribution is 6.28. The summed E-state index contributed by atoms with van der Waals surface area (Å²) >= 11 is 0. The van der Waals surface area contributed by atoms with Gasteiger partial charge in [-0.05, 0) is 70.5 Å². The second-order valence-electron chi connectivity index (χ2n) is 13.8. The number of carbonyl (C=O) groups excluding carboxylic acids is 2. The summed E-state index contributed by atoms with van der Waals surface area (Å²) < 4.78 is 12.6. The molecule has 6 rings (SSSR count). The number of fused-ring (bicyclic) bond motifs is 4. The molecule has 6 aromatic carbocycles. The Bertz CT molecular complexity index is 2000. The van der Waals surface area contributed by atoms with Gasteiger partial charge in [-0.1, -0.05) is 150 Å². The summed E-state index contributed by atoms with van der Waals surface area (Å²) in [6.45, 7) is 8.66. The predicted octanol–water partition coefficient (Wildman–Crippen LogP) is 13.1. The molecule has 0 atom stereocenters. The number of aryl methyl sites for hydroxylation is 2. The summed E-state index contributed by atoms with van der Waals surface area (Å²) in [5.41, 5.74) is 4.39. The van der Waals surface area contributed by atoms with E-state index in [4.69, 9.17) is 9.47 Å². The van der Waals surface area contributed by atoms with E-state index in [1.165, 1.54) is 25.7 Å². The van der Waals surface area contributed by atoms with E-state index in [0.29, 0.717) is 24.3 Å². The van der Waals surface area contributed by atoms with Crippen LogP contribution < -0.4 is 9.47 Å². The molecule has 0 aliphatic carbocycles. The molecular formula is C46H50O4. The van der Waals surface area contributed by atoms with Crippen LogP contribution in [0.25, 0.3) is 54.2 Å². The van der Waals surface area contributed by atoms with Crippen LogP contribution in [-0.2, 0) is 9.59 Å². The van der Waals surface area contributed by atoms with E-state index >= 15 is 0 Å². The van der Waals surface area contributed by atoms with Crippen molar-refractivity contribution in [1.82, 2.24) is 0 Å². The number of ether oxygens (including phenoxy) is 2. The third-order valence-corrected chi connectivity index (χ3v) is 10.1. The maximum Gasteiger partial charge on any atom is 0.311 e. The fourth-order valence-electron chi connectivity index (χ4n) is 7.55. The molecule has 0 aliphatic rings. The lowest BCUT2D eigenvalue weighted by Gasteiger charge is -2.23. The van der Waals surface area contributed by atoms with Crippen LogP contribution in [0.4, 0.5) is 0 Å². The van der Waals surface area contributed by atoms with Gasteiger partial charge in [0.2, 0.25) is 0 Å². The minimum absolute atomic E-state index is 0.189. The number of benzene rings is 6. The van der Waals surface area contributed by atoms with Crippen LogP contribution in [0, 0.1) is 13.8 Å². The molecule has 0 aliphatic heterocycles. The van der Waals surface area contributed by atoms with Gasteiger partial charge in [0.05, 0.1) is 0 Å². The molecule has 6 aromatic rings. The smallest absolute Gasteiger partial charge is 0.311 e. The van der Waals surface area contributed by atoms with E-state index in [1.54, 1.807) is 0 Å². The van der Waals surface area contributed by atoms with Crippen molar-refractivity contribution in [2.24, 2.45) is 0 Å². The molecule has 0 spiro atoms. The van der Waals surface area contributed by atoms with Crippen LogP contribution in [0.1, 0.15) is 102 Å². The molecule has 0 aromatic heterocycles. The number of hydrogen-bond acceptors (Lipinski definition) is 4. The van der Waals surface area contributed by atoms with E-state index in [9.17, 15) is 9.59 Å². The van der Waals surface area contributed by atoms with Crippen LogP contribution in [0.5, 0.6) is 11.5 Å². The largest absolute Gasteiger partial charge is 0.425 e. The molecule has 0 amide bonds. The van der Waals surface area contributed by atoms with Crippen LogP contribution in [0.2, 0.25) is 0 Å². The van der Waals surface area contributed by atoms with Crippen molar-refractivity contribution in [3.63, 3.8) is 0 Å². The third kappa shape index (κ3) is 7.26. The van der Waals surface area contributed by atoms with E-state index < -0.39 is 0 Å². The number of unbranched alkanes of at least 4 members (excludes halogenated alkanes) is 8. The maximum absolute atomic E-state index is 13.3. The lowest BCUT2D eigenvalue weighted by atomic mass is 9.83. The molecule has 0 radical (unpaired) electrons. The summed E-state index contributed by atoms with van der Waals surface area (Å²) in [6.07, 6.45) is 11.5. The van der Waals surface area contributed by atoms with Crippen molar-refractivity contribution in [2.75, 3.05) is 0 Å². The van der Waals surface area contributed by atoms with Gasteiger partial charge in [0, 0.05) is 34.4 Å². The molecule has 0 fully saturated rings. The molecule has 0 unspecified atom stereocenters. The Hall–Kier alpha value is -4.70. The van der Waals surface area contributed by atoms with Crippen molar-refractivity contribution < 1.29 is 19.1 Å². The Labute approximate surface area is 296 Å². The number of hydrogen-bond donors (Lipinski definition) is 0. The highest BCUT2D eigenvalue weighted by atomic mass is 16.5. The van der Waals surface area contributed by atoms with Gasteiger partial charge in [-0.15, -0.1) is 0 Å². The molecule has 50 heavy (non-hydrogen) atoms. The molecule has 0 saturated heterocycles. The number of esters is 2. The van der Waals surface area contributed by atoms with Crippen molar-refractivity contribution >= 4 is 55.0 Å². The Morgan fingerprint density at radius 3 is 1.20 bits per heavy atom. The van der Waals surface area contributed by atoms with Gasteiger partial charge in [-0.25, -0.2) is 0 Å². The SMILES string of the molecule is CCCCCCCC(=O)Oc1c2ccccc2c(-c2c3ccccc3c(OC(=O)CCCCCCC)c3cccc(C)c23)c2c(C)cccc12. The number of carbonyl (C=O) groups is 2. The lowest BCUT2D eigenvalue weighted by molar-refractivity contribution is -0.135. The molecule has 0 N–H and O–H groups in total. The quantitative estimate of drug-likeness (QED) is 0.0474. The zero-order valence-electron chi connectivity index (χ0n) is 30.2. The monoisotopic (exact) mass is 666 g/mol. The van der Waals surface area contributed by atoms with Crippen molar-refractivity contribution in [1.29, 1.82) is 0 Å². The maximum atomic E-state index is 13.3. The van der Waals surface area contributed by atoms with Gasteiger partial charge in [-0.2, -0.15) is 0 Å². The van der Waals surface area contributed by atoms with Crippen LogP contribution in [0.15, 0.2) is 84.9 Å². The highest BCUT2D eigenvalue weighted by Crippen LogP contribution is 2.51. The van der Waals surface area contributed by atoms with E-state index in [1.807, 2.05) is 24.3 Å². The molecule has 0 bridgehead atoms. The molecule has 258 valence electrons. The fourth-order valence-corrected chi connectivity index (χ4v) is 7.55. The van der Waals surface area contributed by atoms with E-state index in [-0.39, 0.29) is 11.9 Å². The normalized spacial score (nSPS) is 11.5. The zero-order valence-corrected chi connectivity index (χ0v) is 30.2. The zero-order chi connectivity index (χ0) is 35.0. The summed E-state index contributed by atoms with van der Waals surface area (Å²) in [5, 5.41) is 7.81. The second kappa shape index (κ2) is 16.3. The highest BCUT2D eigenvalue weighted by Gasteiger charge is 2.25. The molecule has 0 saturated carbocycles. The van der Waals surface area contributed by atoms with Crippen LogP contribution >= 0.6 is 0 Å². The molecule has 4 nitrogen and oxygen atoms in total. The third-order valence-electron chi connectivity index (χ3n) is 10.1. The lowest BCUT2D eigenvalue weighted by Crippen LogP contribution is -2.09.